The molecule has 0 N–H and O–H groups in total. The van der Waals surface area contributed by atoms with Gasteiger partial charge in [-0.05, 0) is 61.9 Å². The van der Waals surface area contributed by atoms with Gasteiger partial charge in [0.15, 0.2) is 11.5 Å². The van der Waals surface area contributed by atoms with Crippen molar-refractivity contribution in [1.82, 2.24) is 0 Å². The van der Waals surface area contributed by atoms with Gasteiger partial charge in [0.2, 0.25) is 0 Å². The van der Waals surface area contributed by atoms with E-state index in [0.717, 1.165) is 12.0 Å². The molecular weight excluding hydrogens is 488 g/mol. The summed E-state index contributed by atoms with van der Waals surface area (Å²) in [4.78, 5) is 38.4. The second-order valence-electron chi connectivity index (χ2n) is 9.57. The standard InChI is InChI=1S/C30H34O8/c1-18-9-8-12-21(31)11-7-5-6-10-20-16-25-28(29(36-4)27(20)30(33)37-18)22(17-26(32)38-25)19-13-14-23(34-2)24(15-19)35-3/h6,10,13-16,18,22H,5,7-9,11-12,17H2,1-4H3/t18-,22-/m1/s1. The van der Waals surface area contributed by atoms with Crippen molar-refractivity contribution in [1.29, 1.82) is 0 Å². The van der Waals surface area contributed by atoms with Crippen molar-refractivity contribution in [2.24, 2.45) is 0 Å². The lowest BCUT2D eigenvalue weighted by Crippen LogP contribution is -2.24. The van der Waals surface area contributed by atoms with E-state index in [9.17, 15) is 14.4 Å². The van der Waals surface area contributed by atoms with E-state index < -0.39 is 11.9 Å². The number of rotatable bonds is 4. The number of hydrogen-bond acceptors (Lipinski definition) is 8. The lowest BCUT2D eigenvalue weighted by atomic mass is 9.83. The summed E-state index contributed by atoms with van der Waals surface area (Å²) in [6.07, 6.45) is 7.04. The number of hydrogen-bond donors (Lipinski definition) is 0. The van der Waals surface area contributed by atoms with Gasteiger partial charge in [-0.15, -0.1) is 0 Å². The Kier molecular flexibility index (Phi) is 8.71. The highest BCUT2D eigenvalue weighted by molar-refractivity contribution is 5.99. The number of cyclic esters (lactones) is 1. The number of ether oxygens (including phenoxy) is 5. The molecule has 0 amide bonds. The van der Waals surface area contributed by atoms with Gasteiger partial charge in [-0.3, -0.25) is 9.59 Å². The Bertz CT molecular complexity index is 1250. The van der Waals surface area contributed by atoms with Crippen LogP contribution >= 0.6 is 0 Å². The first-order chi connectivity index (χ1) is 18.4. The molecule has 8 nitrogen and oxygen atoms in total. The molecule has 0 spiro atoms. The van der Waals surface area contributed by atoms with Gasteiger partial charge in [0, 0.05) is 24.3 Å². The molecule has 2 atom stereocenters. The van der Waals surface area contributed by atoms with Crippen LogP contribution in [0.1, 0.15) is 84.8 Å². The normalized spacial score (nSPS) is 20.4. The molecular formula is C30H34O8. The van der Waals surface area contributed by atoms with Gasteiger partial charge < -0.3 is 23.7 Å². The van der Waals surface area contributed by atoms with Gasteiger partial charge in [0.1, 0.15) is 22.8 Å². The fraction of sp³-hybridized carbons (Fsp3) is 0.433. The zero-order chi connectivity index (χ0) is 27.2. The molecule has 2 heterocycles. The third-order valence-electron chi connectivity index (χ3n) is 6.97. The molecule has 4 rings (SSSR count). The molecule has 2 aromatic rings. The van der Waals surface area contributed by atoms with Crippen molar-refractivity contribution < 1.29 is 38.1 Å². The number of fused-ring (bicyclic) bond motifs is 2. The fourth-order valence-electron chi connectivity index (χ4n) is 5.06. The van der Waals surface area contributed by atoms with Crippen molar-refractivity contribution in [3.63, 3.8) is 0 Å². The van der Waals surface area contributed by atoms with Crippen LogP contribution in [-0.4, -0.2) is 45.2 Å². The van der Waals surface area contributed by atoms with Gasteiger partial charge in [0.05, 0.1) is 33.9 Å². The lowest BCUT2D eigenvalue weighted by Gasteiger charge is -2.29. The highest BCUT2D eigenvalue weighted by Crippen LogP contribution is 2.48. The Balaban J connectivity index is 1.86. The van der Waals surface area contributed by atoms with Crippen molar-refractivity contribution in [2.45, 2.75) is 63.9 Å². The maximum Gasteiger partial charge on any atom is 0.342 e. The molecule has 0 fully saturated rings. The number of esters is 2. The van der Waals surface area contributed by atoms with Crippen LogP contribution in [0.15, 0.2) is 30.3 Å². The van der Waals surface area contributed by atoms with E-state index in [2.05, 4.69) is 0 Å². The predicted octanol–water partition coefficient (Wildman–Crippen LogP) is 5.64. The molecule has 2 aliphatic rings. The Morgan fingerprint density at radius 2 is 1.68 bits per heavy atom. The van der Waals surface area contributed by atoms with Gasteiger partial charge in [-0.2, -0.15) is 0 Å². The molecule has 0 aromatic heterocycles. The Morgan fingerprint density at radius 1 is 0.921 bits per heavy atom. The molecule has 2 aromatic carbocycles. The molecule has 0 aliphatic carbocycles. The van der Waals surface area contributed by atoms with Crippen LogP contribution in [0.4, 0.5) is 0 Å². The van der Waals surface area contributed by atoms with Gasteiger partial charge in [0.25, 0.3) is 0 Å². The largest absolute Gasteiger partial charge is 0.495 e. The summed E-state index contributed by atoms with van der Waals surface area (Å²) >= 11 is 0. The Hall–Kier alpha value is -3.81. The number of allylic oxidation sites excluding steroid dienone is 1. The average Bonchev–Trinajstić information content (AvgIpc) is 2.90. The minimum absolute atomic E-state index is 0.0624. The second-order valence-corrected chi connectivity index (χ2v) is 9.57. The molecule has 8 heteroatoms. The highest BCUT2D eigenvalue weighted by Gasteiger charge is 2.36. The highest BCUT2D eigenvalue weighted by atomic mass is 16.5. The molecule has 0 saturated carbocycles. The van der Waals surface area contributed by atoms with E-state index >= 15 is 0 Å². The van der Waals surface area contributed by atoms with Crippen LogP contribution in [-0.2, 0) is 14.3 Å². The third-order valence-corrected chi connectivity index (χ3v) is 6.97. The maximum atomic E-state index is 13.6. The summed E-state index contributed by atoms with van der Waals surface area (Å²) < 4.78 is 28.2. The van der Waals surface area contributed by atoms with Crippen LogP contribution in [0, 0.1) is 0 Å². The number of benzene rings is 2. The smallest absolute Gasteiger partial charge is 0.342 e. The molecule has 0 bridgehead atoms. The van der Waals surface area contributed by atoms with E-state index in [4.69, 9.17) is 23.7 Å². The first kappa shape index (κ1) is 27.2. The first-order valence-corrected chi connectivity index (χ1v) is 12.9. The number of carbonyl (C=O) groups is 3. The molecule has 0 radical (unpaired) electrons. The summed E-state index contributed by atoms with van der Waals surface area (Å²) in [5, 5.41) is 0. The minimum atomic E-state index is -0.525. The van der Waals surface area contributed by atoms with Crippen molar-refractivity contribution in [3.05, 3.63) is 52.6 Å². The van der Waals surface area contributed by atoms with E-state index in [0.29, 0.717) is 66.2 Å². The number of carbonyl (C=O) groups excluding carboxylic acids is 3. The maximum absolute atomic E-state index is 13.6. The van der Waals surface area contributed by atoms with Gasteiger partial charge in [-0.25, -0.2) is 4.79 Å². The zero-order valence-electron chi connectivity index (χ0n) is 22.3. The summed E-state index contributed by atoms with van der Waals surface area (Å²) in [6.45, 7) is 1.82. The van der Waals surface area contributed by atoms with E-state index in [1.807, 2.05) is 25.1 Å². The van der Waals surface area contributed by atoms with E-state index in [1.165, 1.54) is 7.11 Å². The van der Waals surface area contributed by atoms with Gasteiger partial charge in [-0.1, -0.05) is 18.2 Å². The van der Waals surface area contributed by atoms with E-state index in [-0.39, 0.29) is 29.8 Å². The monoisotopic (exact) mass is 522 g/mol. The molecule has 2 aliphatic heterocycles. The van der Waals surface area contributed by atoms with Crippen molar-refractivity contribution in [3.8, 4) is 23.0 Å². The van der Waals surface area contributed by atoms with Crippen LogP contribution in [0.2, 0.25) is 0 Å². The van der Waals surface area contributed by atoms with Crippen molar-refractivity contribution >= 4 is 23.8 Å². The summed E-state index contributed by atoms with van der Waals surface area (Å²) in [5.41, 5.74) is 2.21. The van der Waals surface area contributed by atoms with Crippen LogP contribution in [0.25, 0.3) is 6.08 Å². The average molecular weight is 523 g/mol. The topological polar surface area (TPSA) is 97.4 Å². The van der Waals surface area contributed by atoms with Crippen LogP contribution in [0.5, 0.6) is 23.0 Å². The Labute approximate surface area is 222 Å². The second kappa shape index (κ2) is 12.2. The zero-order valence-corrected chi connectivity index (χ0v) is 22.3. The number of methoxy groups -OCH3 is 3. The molecule has 38 heavy (non-hydrogen) atoms. The molecule has 0 unspecified atom stereocenters. The number of Topliss-reactive ketones (excluding diaryl/α,β-unsaturated/α-hetero) is 1. The third kappa shape index (κ3) is 5.85. The SMILES string of the molecule is COc1ccc([C@H]2CC(=O)Oc3cc4c(c(OC)c32)C(=O)O[C@H](C)CCCC(=O)CCCC=C4)cc1OC. The van der Waals surface area contributed by atoms with Crippen LogP contribution in [0.3, 0.4) is 0 Å². The van der Waals surface area contributed by atoms with Gasteiger partial charge >= 0.3 is 11.9 Å². The first-order valence-electron chi connectivity index (χ1n) is 12.9. The Morgan fingerprint density at radius 3 is 2.42 bits per heavy atom. The fourth-order valence-corrected chi connectivity index (χ4v) is 5.06. The summed E-state index contributed by atoms with van der Waals surface area (Å²) in [5.74, 6) is 0.597. The summed E-state index contributed by atoms with van der Waals surface area (Å²) in [7, 11) is 4.60. The minimum Gasteiger partial charge on any atom is -0.495 e. The van der Waals surface area contributed by atoms with E-state index in [1.54, 1.807) is 32.4 Å². The lowest BCUT2D eigenvalue weighted by molar-refractivity contribution is -0.135. The van der Waals surface area contributed by atoms with Crippen LogP contribution < -0.4 is 18.9 Å². The van der Waals surface area contributed by atoms with Crippen molar-refractivity contribution in [2.75, 3.05) is 21.3 Å². The summed E-state index contributed by atoms with van der Waals surface area (Å²) in [6, 6.07) is 7.15. The number of ketones is 1. The molecule has 202 valence electrons. The predicted molar refractivity (Wildman–Crippen MR) is 141 cm³/mol. The quantitative estimate of drug-likeness (QED) is 0.376. The molecule has 0 saturated heterocycles.